The summed E-state index contributed by atoms with van der Waals surface area (Å²) >= 11 is 0. The summed E-state index contributed by atoms with van der Waals surface area (Å²) in [5, 5.41) is 12.3. The van der Waals surface area contributed by atoms with Crippen LogP contribution >= 0.6 is 0 Å². The number of benzene rings is 1. The van der Waals surface area contributed by atoms with Gasteiger partial charge in [0.05, 0.1) is 29.0 Å². The molecule has 2 aromatic heterocycles. The van der Waals surface area contributed by atoms with Crippen LogP contribution < -0.4 is 5.49 Å². The normalized spacial score (nSPS) is 21.1. The van der Waals surface area contributed by atoms with Crippen LogP contribution in [0.1, 0.15) is 74.8 Å². The average molecular weight is 530 g/mol. The largest absolute Gasteiger partial charge is 0.416 e. The maximum atomic E-state index is 13.5. The molecule has 1 aliphatic heterocycles. The SMILES string of the molecule is CC(=O)N1CCC(O)(c2cc3/c(=N/[C@H](C)c4cccc(C(F)(F)F)c4C)nc(C)n(C)c3cn2)CC1(C)C. The smallest absolute Gasteiger partial charge is 0.383 e. The molecule has 0 saturated carbocycles. The molecule has 38 heavy (non-hydrogen) atoms. The summed E-state index contributed by atoms with van der Waals surface area (Å²) in [4.78, 5) is 27.9. The lowest BCUT2D eigenvalue weighted by atomic mass is 9.77. The second kappa shape index (κ2) is 9.48. The fourth-order valence-corrected chi connectivity index (χ4v) is 5.68. The van der Waals surface area contributed by atoms with Crippen molar-refractivity contribution < 1.29 is 23.1 Å². The van der Waals surface area contributed by atoms with Crippen LogP contribution in [0.4, 0.5) is 13.2 Å². The number of aromatic nitrogens is 3. The van der Waals surface area contributed by atoms with Crippen molar-refractivity contribution in [3.05, 3.63) is 64.2 Å². The zero-order valence-corrected chi connectivity index (χ0v) is 22.8. The van der Waals surface area contributed by atoms with Gasteiger partial charge in [-0.1, -0.05) is 12.1 Å². The molecule has 1 fully saturated rings. The Bertz CT molecular complexity index is 1480. The van der Waals surface area contributed by atoms with Crippen molar-refractivity contribution >= 4 is 16.8 Å². The molecule has 7 nitrogen and oxygen atoms in total. The van der Waals surface area contributed by atoms with Crippen molar-refractivity contribution in [3.8, 4) is 0 Å². The van der Waals surface area contributed by atoms with E-state index in [0.29, 0.717) is 47.3 Å². The van der Waals surface area contributed by atoms with E-state index in [1.165, 1.54) is 19.9 Å². The zero-order chi connectivity index (χ0) is 28.2. The van der Waals surface area contributed by atoms with E-state index < -0.39 is 28.9 Å². The first kappa shape index (κ1) is 27.8. The lowest BCUT2D eigenvalue weighted by Crippen LogP contribution is -2.56. The van der Waals surface area contributed by atoms with E-state index in [4.69, 9.17) is 4.99 Å². The molecule has 2 atom stereocenters. The summed E-state index contributed by atoms with van der Waals surface area (Å²) in [6.07, 6.45) is -2.16. The molecule has 1 amide bonds. The molecule has 1 saturated heterocycles. The predicted molar refractivity (Wildman–Crippen MR) is 138 cm³/mol. The Labute approximate surface area is 220 Å². The Hall–Kier alpha value is -3.27. The van der Waals surface area contributed by atoms with E-state index >= 15 is 0 Å². The first-order chi connectivity index (χ1) is 17.5. The average Bonchev–Trinajstić information content (AvgIpc) is 2.80. The van der Waals surface area contributed by atoms with E-state index in [1.54, 1.807) is 30.2 Å². The molecule has 1 aliphatic rings. The maximum absolute atomic E-state index is 13.5. The second-order valence-electron chi connectivity index (χ2n) is 10.9. The van der Waals surface area contributed by atoms with Crippen LogP contribution in [0.5, 0.6) is 0 Å². The Morgan fingerprint density at radius 1 is 1.24 bits per heavy atom. The van der Waals surface area contributed by atoms with Crippen LogP contribution in [-0.4, -0.2) is 42.5 Å². The van der Waals surface area contributed by atoms with Gasteiger partial charge in [0, 0.05) is 37.9 Å². The predicted octanol–water partition coefficient (Wildman–Crippen LogP) is 4.87. The quantitative estimate of drug-likeness (QED) is 0.525. The lowest BCUT2D eigenvalue weighted by Gasteiger charge is -2.48. The van der Waals surface area contributed by atoms with Gasteiger partial charge >= 0.3 is 6.18 Å². The molecule has 0 aliphatic carbocycles. The van der Waals surface area contributed by atoms with Gasteiger partial charge in [-0.15, -0.1) is 0 Å². The van der Waals surface area contributed by atoms with Crippen LogP contribution in [0.15, 0.2) is 35.5 Å². The number of rotatable bonds is 3. The molecule has 1 aromatic carbocycles. The highest BCUT2D eigenvalue weighted by Crippen LogP contribution is 2.41. The van der Waals surface area contributed by atoms with Crippen molar-refractivity contribution in [1.82, 2.24) is 19.4 Å². The number of pyridine rings is 1. The molecule has 0 spiro atoms. The number of nitrogens with zero attached hydrogens (tertiary/aromatic N) is 5. The van der Waals surface area contributed by atoms with E-state index in [2.05, 4.69) is 9.97 Å². The third-order valence-electron chi connectivity index (χ3n) is 7.75. The van der Waals surface area contributed by atoms with E-state index in [0.717, 1.165) is 11.6 Å². The van der Waals surface area contributed by atoms with Crippen molar-refractivity contribution in [1.29, 1.82) is 0 Å². The Morgan fingerprint density at radius 2 is 1.92 bits per heavy atom. The Balaban J connectivity index is 1.85. The first-order valence-electron chi connectivity index (χ1n) is 12.6. The van der Waals surface area contributed by atoms with E-state index in [9.17, 15) is 23.1 Å². The van der Waals surface area contributed by atoms with Crippen LogP contribution in [0.3, 0.4) is 0 Å². The number of piperidine rings is 1. The third-order valence-corrected chi connectivity index (χ3v) is 7.75. The standard InChI is InChI=1S/C28H34F3N5O2/c1-16-20(9-8-10-22(16)28(29,30)31)17(2)33-25-21-13-24(32-14-23(21)35(7)18(3)34-25)27(38)11-12-36(19(4)37)26(5,6)15-27/h8-10,13-14,17,38H,11-12,15H2,1-7H3/b33-25-/t17-,27?/m1/s1. The molecule has 3 heterocycles. The number of likely N-dealkylation sites (tertiary alicyclic amines) is 1. The summed E-state index contributed by atoms with van der Waals surface area (Å²) in [7, 11) is 1.85. The van der Waals surface area contributed by atoms with Gasteiger partial charge in [-0.3, -0.25) is 14.8 Å². The number of amides is 1. The zero-order valence-electron chi connectivity index (χ0n) is 22.8. The molecule has 204 valence electrons. The third kappa shape index (κ3) is 4.93. The van der Waals surface area contributed by atoms with Crippen molar-refractivity contribution in [2.24, 2.45) is 12.0 Å². The van der Waals surface area contributed by atoms with Crippen LogP contribution in [0.2, 0.25) is 0 Å². The number of aryl methyl sites for hydroxylation is 2. The summed E-state index contributed by atoms with van der Waals surface area (Å²) in [6, 6.07) is 5.29. The Morgan fingerprint density at radius 3 is 2.53 bits per heavy atom. The van der Waals surface area contributed by atoms with Gasteiger partial charge in [-0.05, 0) is 64.3 Å². The highest BCUT2D eigenvalue weighted by Gasteiger charge is 2.46. The minimum atomic E-state index is -4.45. The molecular weight excluding hydrogens is 495 g/mol. The number of alkyl halides is 3. The van der Waals surface area contributed by atoms with Crippen LogP contribution in [0, 0.1) is 13.8 Å². The number of carbonyl (C=O) groups excluding carboxylic acids is 1. The van der Waals surface area contributed by atoms with Crippen LogP contribution in [-0.2, 0) is 23.6 Å². The topological polar surface area (TPSA) is 83.6 Å². The van der Waals surface area contributed by atoms with E-state index in [-0.39, 0.29) is 11.5 Å². The number of carbonyl (C=O) groups is 1. The number of hydrogen-bond donors (Lipinski definition) is 1. The molecular formula is C28H34F3N5O2. The maximum Gasteiger partial charge on any atom is 0.416 e. The highest BCUT2D eigenvalue weighted by molar-refractivity contribution is 5.78. The minimum Gasteiger partial charge on any atom is -0.383 e. The molecule has 1 unspecified atom stereocenters. The number of halogens is 3. The van der Waals surface area contributed by atoms with E-state index in [1.807, 2.05) is 32.4 Å². The van der Waals surface area contributed by atoms with Crippen molar-refractivity contribution in [3.63, 3.8) is 0 Å². The molecule has 3 aromatic rings. The van der Waals surface area contributed by atoms with Crippen LogP contribution in [0.25, 0.3) is 10.9 Å². The monoisotopic (exact) mass is 529 g/mol. The molecule has 0 radical (unpaired) electrons. The molecule has 4 rings (SSSR count). The molecule has 10 heteroatoms. The summed E-state index contributed by atoms with van der Waals surface area (Å²) < 4.78 is 42.4. The summed E-state index contributed by atoms with van der Waals surface area (Å²) in [5.74, 6) is 0.614. The van der Waals surface area contributed by atoms with Gasteiger partial charge in [-0.25, -0.2) is 4.98 Å². The number of aliphatic hydroxyl groups is 1. The molecule has 1 N–H and O–H groups in total. The van der Waals surface area contributed by atoms with Gasteiger partial charge in [0.1, 0.15) is 11.4 Å². The van der Waals surface area contributed by atoms with Gasteiger partial charge in [-0.2, -0.15) is 13.2 Å². The van der Waals surface area contributed by atoms with Gasteiger partial charge in [0.2, 0.25) is 5.91 Å². The van der Waals surface area contributed by atoms with Crippen molar-refractivity contribution in [2.75, 3.05) is 6.54 Å². The minimum absolute atomic E-state index is 0.0461. The summed E-state index contributed by atoms with van der Waals surface area (Å²) in [5.41, 5.74) is -0.376. The van der Waals surface area contributed by atoms with Crippen molar-refractivity contribution in [2.45, 2.75) is 77.7 Å². The van der Waals surface area contributed by atoms with Gasteiger partial charge in [0.15, 0.2) is 5.49 Å². The fraction of sp³-hybridized carbons (Fsp3) is 0.500. The first-order valence-corrected chi connectivity index (χ1v) is 12.6. The number of fused-ring (bicyclic) bond motifs is 1. The summed E-state index contributed by atoms with van der Waals surface area (Å²) in [6.45, 7) is 10.8. The molecule has 0 bridgehead atoms. The van der Waals surface area contributed by atoms with Gasteiger partial charge < -0.3 is 14.6 Å². The van der Waals surface area contributed by atoms with Gasteiger partial charge in [0.25, 0.3) is 0 Å². The number of hydrogen-bond acceptors (Lipinski definition) is 5. The fourth-order valence-electron chi connectivity index (χ4n) is 5.68. The Kier molecular flexibility index (Phi) is 6.93. The highest BCUT2D eigenvalue weighted by atomic mass is 19.4. The second-order valence-corrected chi connectivity index (χ2v) is 10.9. The lowest BCUT2D eigenvalue weighted by molar-refractivity contribution is -0.145.